The smallest absolute Gasteiger partial charge is 0.225 e. The van der Waals surface area contributed by atoms with E-state index >= 15 is 0 Å². The van der Waals surface area contributed by atoms with Gasteiger partial charge in [0.15, 0.2) is 0 Å². The minimum absolute atomic E-state index is 0.820. The topological polar surface area (TPSA) is 41.1 Å². The van der Waals surface area contributed by atoms with Crippen molar-refractivity contribution >= 4 is 17.3 Å². The summed E-state index contributed by atoms with van der Waals surface area (Å²) in [7, 11) is 1.94. The van der Waals surface area contributed by atoms with Gasteiger partial charge >= 0.3 is 0 Å². The van der Waals surface area contributed by atoms with E-state index in [2.05, 4.69) is 38.6 Å². The number of hydrogen-bond donors (Lipinski definition) is 1. The van der Waals surface area contributed by atoms with E-state index in [-0.39, 0.29) is 0 Å². The summed E-state index contributed by atoms with van der Waals surface area (Å²) in [6, 6.07) is 2.22. The van der Waals surface area contributed by atoms with Gasteiger partial charge in [-0.15, -0.1) is 11.3 Å². The highest BCUT2D eigenvalue weighted by atomic mass is 32.1. The molecule has 2 aromatic heterocycles. The van der Waals surface area contributed by atoms with Gasteiger partial charge in [0.05, 0.1) is 0 Å². The molecule has 0 atom stereocenters. The van der Waals surface area contributed by atoms with Crippen molar-refractivity contribution in [3.05, 3.63) is 39.3 Å². The Morgan fingerprint density at radius 1 is 1.47 bits per heavy atom. The molecular formula is C14H18N4S. The quantitative estimate of drug-likeness (QED) is 0.931. The molecule has 0 saturated heterocycles. The molecule has 0 aliphatic carbocycles. The number of anilines is 1. The Morgan fingerprint density at radius 2 is 2.37 bits per heavy atom. The van der Waals surface area contributed by atoms with E-state index in [1.54, 1.807) is 0 Å². The Morgan fingerprint density at radius 3 is 3.16 bits per heavy atom. The lowest BCUT2D eigenvalue weighted by Crippen LogP contribution is -2.31. The molecular weight excluding hydrogens is 256 g/mol. The Bertz CT molecular complexity index is 579. The molecule has 0 bridgehead atoms. The van der Waals surface area contributed by atoms with Gasteiger partial charge in [-0.25, -0.2) is 9.97 Å². The molecule has 100 valence electrons. The first-order valence-electron chi connectivity index (χ1n) is 6.55. The van der Waals surface area contributed by atoms with Crippen LogP contribution in [0, 0.1) is 6.92 Å². The molecule has 1 N–H and O–H groups in total. The predicted molar refractivity (Wildman–Crippen MR) is 78.6 cm³/mol. The van der Waals surface area contributed by atoms with Crippen LogP contribution in [0.5, 0.6) is 0 Å². The fourth-order valence-electron chi connectivity index (χ4n) is 2.42. The highest BCUT2D eigenvalue weighted by Gasteiger charge is 2.19. The highest BCUT2D eigenvalue weighted by molar-refractivity contribution is 7.10. The van der Waals surface area contributed by atoms with Gasteiger partial charge in [0, 0.05) is 42.0 Å². The SMILES string of the molecule is CNCc1cnc(N2CCc3sccc3C2)nc1C. The maximum absolute atomic E-state index is 4.65. The Kier molecular flexibility index (Phi) is 3.48. The minimum atomic E-state index is 0.820. The van der Waals surface area contributed by atoms with Gasteiger partial charge < -0.3 is 10.2 Å². The molecule has 5 heteroatoms. The van der Waals surface area contributed by atoms with Gasteiger partial charge in [-0.3, -0.25) is 0 Å². The third-order valence-corrected chi connectivity index (χ3v) is 4.55. The lowest BCUT2D eigenvalue weighted by atomic mass is 10.1. The maximum atomic E-state index is 4.65. The molecule has 4 nitrogen and oxygen atoms in total. The summed E-state index contributed by atoms with van der Waals surface area (Å²) in [5.74, 6) is 0.856. The van der Waals surface area contributed by atoms with Gasteiger partial charge in [-0.2, -0.15) is 0 Å². The molecule has 0 unspecified atom stereocenters. The summed E-state index contributed by atoms with van der Waals surface area (Å²) in [4.78, 5) is 13.0. The second kappa shape index (κ2) is 5.27. The van der Waals surface area contributed by atoms with Crippen LogP contribution in [-0.2, 0) is 19.5 Å². The van der Waals surface area contributed by atoms with Gasteiger partial charge in [0.25, 0.3) is 0 Å². The zero-order chi connectivity index (χ0) is 13.2. The van der Waals surface area contributed by atoms with Crippen molar-refractivity contribution in [1.29, 1.82) is 0 Å². The fraction of sp³-hybridized carbons (Fsp3) is 0.429. The van der Waals surface area contributed by atoms with Crippen LogP contribution in [0.15, 0.2) is 17.6 Å². The normalized spacial score (nSPS) is 14.5. The first-order valence-corrected chi connectivity index (χ1v) is 7.43. The first kappa shape index (κ1) is 12.6. The molecule has 3 rings (SSSR count). The first-order chi connectivity index (χ1) is 9.28. The number of hydrogen-bond acceptors (Lipinski definition) is 5. The summed E-state index contributed by atoms with van der Waals surface area (Å²) >= 11 is 1.86. The second-order valence-electron chi connectivity index (χ2n) is 4.85. The van der Waals surface area contributed by atoms with E-state index in [1.807, 2.05) is 24.6 Å². The third kappa shape index (κ3) is 2.48. The Hall–Kier alpha value is -1.46. The standard InChI is InChI=1S/C14H18N4S/c1-10-12(7-15-2)8-16-14(17-10)18-5-3-13-11(9-18)4-6-19-13/h4,6,8,15H,3,5,7,9H2,1-2H3. The number of nitrogens with one attached hydrogen (secondary N) is 1. The molecule has 0 spiro atoms. The molecule has 0 fully saturated rings. The van der Waals surface area contributed by atoms with Crippen LogP contribution in [0.1, 0.15) is 21.7 Å². The van der Waals surface area contributed by atoms with E-state index in [1.165, 1.54) is 16.0 Å². The molecule has 1 aliphatic heterocycles. The van der Waals surface area contributed by atoms with Crippen molar-refractivity contribution < 1.29 is 0 Å². The minimum Gasteiger partial charge on any atom is -0.336 e. The van der Waals surface area contributed by atoms with Gasteiger partial charge in [0.1, 0.15) is 0 Å². The van der Waals surface area contributed by atoms with Crippen molar-refractivity contribution in [3.63, 3.8) is 0 Å². The second-order valence-corrected chi connectivity index (χ2v) is 5.85. The van der Waals surface area contributed by atoms with Crippen LogP contribution in [0.25, 0.3) is 0 Å². The van der Waals surface area contributed by atoms with Crippen molar-refractivity contribution in [2.24, 2.45) is 0 Å². The van der Waals surface area contributed by atoms with Crippen molar-refractivity contribution in [2.75, 3.05) is 18.5 Å². The summed E-state index contributed by atoms with van der Waals surface area (Å²) in [5.41, 5.74) is 3.66. The zero-order valence-corrected chi connectivity index (χ0v) is 12.1. The van der Waals surface area contributed by atoms with Crippen LogP contribution >= 0.6 is 11.3 Å². The van der Waals surface area contributed by atoms with Crippen molar-refractivity contribution in [1.82, 2.24) is 15.3 Å². The largest absolute Gasteiger partial charge is 0.336 e. The van der Waals surface area contributed by atoms with E-state index in [4.69, 9.17) is 0 Å². The van der Waals surface area contributed by atoms with E-state index in [9.17, 15) is 0 Å². The molecule has 19 heavy (non-hydrogen) atoms. The van der Waals surface area contributed by atoms with Crippen molar-refractivity contribution in [3.8, 4) is 0 Å². The van der Waals surface area contributed by atoms with Crippen LogP contribution < -0.4 is 10.2 Å². The van der Waals surface area contributed by atoms with Crippen molar-refractivity contribution in [2.45, 2.75) is 26.4 Å². The van der Waals surface area contributed by atoms with Gasteiger partial charge in [-0.1, -0.05) is 0 Å². The Balaban J connectivity index is 1.82. The predicted octanol–water partition coefficient (Wildman–Crippen LogP) is 2.13. The zero-order valence-electron chi connectivity index (χ0n) is 11.3. The summed E-state index contributed by atoms with van der Waals surface area (Å²) in [5, 5.41) is 5.32. The number of aryl methyl sites for hydroxylation is 1. The van der Waals surface area contributed by atoms with E-state index in [0.29, 0.717) is 0 Å². The number of aromatic nitrogens is 2. The van der Waals surface area contributed by atoms with Gasteiger partial charge in [-0.05, 0) is 37.4 Å². The number of fused-ring (bicyclic) bond motifs is 1. The lowest BCUT2D eigenvalue weighted by molar-refractivity contribution is 0.709. The molecule has 0 aromatic carbocycles. The van der Waals surface area contributed by atoms with Crippen LogP contribution in [-0.4, -0.2) is 23.6 Å². The Labute approximate surface area is 117 Å². The average Bonchev–Trinajstić information content (AvgIpc) is 2.88. The van der Waals surface area contributed by atoms with Crippen LogP contribution in [0.4, 0.5) is 5.95 Å². The van der Waals surface area contributed by atoms with Crippen LogP contribution in [0.3, 0.4) is 0 Å². The summed E-state index contributed by atoms with van der Waals surface area (Å²) < 4.78 is 0. The average molecular weight is 274 g/mol. The highest BCUT2D eigenvalue weighted by Crippen LogP contribution is 2.26. The molecule has 3 heterocycles. The number of nitrogens with zero attached hydrogens (tertiary/aromatic N) is 3. The third-order valence-electron chi connectivity index (χ3n) is 3.53. The number of thiophene rings is 1. The molecule has 1 aliphatic rings. The molecule has 0 amide bonds. The lowest BCUT2D eigenvalue weighted by Gasteiger charge is -2.27. The van der Waals surface area contributed by atoms with Gasteiger partial charge in [0.2, 0.25) is 5.95 Å². The van der Waals surface area contributed by atoms with E-state index in [0.717, 1.165) is 37.7 Å². The summed E-state index contributed by atoms with van der Waals surface area (Å²) in [6.45, 7) is 4.82. The van der Waals surface area contributed by atoms with E-state index < -0.39 is 0 Å². The fourth-order valence-corrected chi connectivity index (χ4v) is 3.30. The molecule has 0 saturated carbocycles. The maximum Gasteiger partial charge on any atom is 0.225 e. The van der Waals surface area contributed by atoms with Crippen LogP contribution in [0.2, 0.25) is 0 Å². The monoisotopic (exact) mass is 274 g/mol. The molecule has 2 aromatic rings. The summed E-state index contributed by atoms with van der Waals surface area (Å²) in [6.07, 6.45) is 3.05. The molecule has 0 radical (unpaired) electrons. The number of rotatable bonds is 3.